The Morgan fingerprint density at radius 2 is 2.00 bits per heavy atom. The van der Waals surface area contributed by atoms with Crippen molar-refractivity contribution in [3.05, 3.63) is 0 Å². The summed E-state index contributed by atoms with van der Waals surface area (Å²) >= 11 is 0. The number of nitrogens with one attached hydrogen (secondary N) is 1. The van der Waals surface area contributed by atoms with Crippen molar-refractivity contribution >= 4 is 0 Å². The summed E-state index contributed by atoms with van der Waals surface area (Å²) < 4.78 is 0. The largest absolute Gasteiger partial charge is 0.329 e. The minimum atomic E-state index is 0.250. The molecule has 3 atom stereocenters. The molecule has 2 rings (SSSR count). The Balaban J connectivity index is 1.96. The van der Waals surface area contributed by atoms with Crippen LogP contribution in [0.25, 0.3) is 0 Å². The molecule has 0 amide bonds. The van der Waals surface area contributed by atoms with E-state index in [4.69, 9.17) is 5.73 Å². The molecule has 15 heavy (non-hydrogen) atoms. The summed E-state index contributed by atoms with van der Waals surface area (Å²) in [6.07, 6.45) is 6.87. The van der Waals surface area contributed by atoms with E-state index in [1.54, 1.807) is 0 Å². The third kappa shape index (κ3) is 2.36. The van der Waals surface area contributed by atoms with E-state index in [1.807, 2.05) is 0 Å². The highest BCUT2D eigenvalue weighted by molar-refractivity contribution is 4.99. The maximum absolute atomic E-state index is 6.04. The standard InChI is InChI=1S/C13H26N2/c1-10-4-3-7-13(9-14,11(10)2)15-8-12-5-6-12/h10-12,15H,3-9,14H2,1-2H3. The van der Waals surface area contributed by atoms with Gasteiger partial charge in [-0.3, -0.25) is 0 Å². The maximum atomic E-state index is 6.04. The fraction of sp³-hybridized carbons (Fsp3) is 1.00. The molecule has 0 radical (unpaired) electrons. The molecule has 2 fully saturated rings. The van der Waals surface area contributed by atoms with E-state index in [2.05, 4.69) is 19.2 Å². The summed E-state index contributed by atoms with van der Waals surface area (Å²) in [5.41, 5.74) is 6.29. The highest BCUT2D eigenvalue weighted by Crippen LogP contribution is 2.38. The molecule has 2 aliphatic rings. The Morgan fingerprint density at radius 1 is 1.27 bits per heavy atom. The van der Waals surface area contributed by atoms with Crippen LogP contribution in [-0.4, -0.2) is 18.6 Å². The van der Waals surface area contributed by atoms with Crippen LogP contribution in [0.5, 0.6) is 0 Å². The van der Waals surface area contributed by atoms with Crippen molar-refractivity contribution < 1.29 is 0 Å². The lowest BCUT2D eigenvalue weighted by molar-refractivity contribution is 0.111. The summed E-state index contributed by atoms with van der Waals surface area (Å²) in [6.45, 7) is 6.78. The van der Waals surface area contributed by atoms with Crippen LogP contribution in [0.4, 0.5) is 0 Å². The van der Waals surface area contributed by atoms with Crippen molar-refractivity contribution in [2.24, 2.45) is 23.5 Å². The summed E-state index contributed by atoms with van der Waals surface area (Å²) in [7, 11) is 0. The van der Waals surface area contributed by atoms with Crippen LogP contribution in [0.15, 0.2) is 0 Å². The number of nitrogens with two attached hydrogens (primary N) is 1. The highest BCUT2D eigenvalue weighted by atomic mass is 15.0. The lowest BCUT2D eigenvalue weighted by Gasteiger charge is -2.46. The van der Waals surface area contributed by atoms with Crippen molar-refractivity contribution in [1.29, 1.82) is 0 Å². The molecular formula is C13H26N2. The lowest BCUT2D eigenvalue weighted by Crippen LogP contribution is -2.59. The van der Waals surface area contributed by atoms with Crippen LogP contribution < -0.4 is 11.1 Å². The van der Waals surface area contributed by atoms with Gasteiger partial charge in [0.25, 0.3) is 0 Å². The predicted octanol–water partition coefficient (Wildman–Crippen LogP) is 2.14. The zero-order valence-electron chi connectivity index (χ0n) is 10.3. The van der Waals surface area contributed by atoms with Crippen molar-refractivity contribution in [2.75, 3.05) is 13.1 Å². The molecule has 0 aromatic carbocycles. The van der Waals surface area contributed by atoms with Gasteiger partial charge in [0.1, 0.15) is 0 Å². The van der Waals surface area contributed by atoms with Gasteiger partial charge >= 0.3 is 0 Å². The third-order valence-corrected chi connectivity index (χ3v) is 4.81. The van der Waals surface area contributed by atoms with Gasteiger partial charge in [0, 0.05) is 12.1 Å². The van der Waals surface area contributed by atoms with E-state index in [0.29, 0.717) is 0 Å². The average Bonchev–Trinajstić information content (AvgIpc) is 3.05. The molecule has 3 unspecified atom stereocenters. The van der Waals surface area contributed by atoms with Gasteiger partial charge in [-0.2, -0.15) is 0 Å². The first-order valence-corrected chi connectivity index (χ1v) is 6.63. The average molecular weight is 210 g/mol. The Bertz CT molecular complexity index is 213. The van der Waals surface area contributed by atoms with Gasteiger partial charge in [0.15, 0.2) is 0 Å². The molecule has 0 heterocycles. The van der Waals surface area contributed by atoms with Crippen molar-refractivity contribution in [3.63, 3.8) is 0 Å². The SMILES string of the molecule is CC1CCCC(CN)(NCC2CC2)C1C. The van der Waals surface area contributed by atoms with Crippen LogP contribution in [0.2, 0.25) is 0 Å². The molecule has 0 aromatic heterocycles. The second-order valence-electron chi connectivity index (χ2n) is 5.84. The summed E-state index contributed by atoms with van der Waals surface area (Å²) in [5.74, 6) is 2.52. The monoisotopic (exact) mass is 210 g/mol. The van der Waals surface area contributed by atoms with Crippen molar-refractivity contribution in [3.8, 4) is 0 Å². The van der Waals surface area contributed by atoms with Gasteiger partial charge in [-0.1, -0.05) is 26.7 Å². The molecule has 0 bridgehead atoms. The molecule has 2 saturated carbocycles. The third-order valence-electron chi connectivity index (χ3n) is 4.81. The molecule has 2 aliphatic carbocycles. The fourth-order valence-corrected chi connectivity index (χ4v) is 3.04. The normalized spacial score (nSPS) is 41.8. The van der Waals surface area contributed by atoms with Gasteiger partial charge in [0.2, 0.25) is 0 Å². The first-order valence-electron chi connectivity index (χ1n) is 6.63. The van der Waals surface area contributed by atoms with Gasteiger partial charge in [-0.15, -0.1) is 0 Å². The van der Waals surface area contributed by atoms with Crippen molar-refractivity contribution in [2.45, 2.75) is 51.5 Å². The van der Waals surface area contributed by atoms with Crippen molar-refractivity contribution in [1.82, 2.24) is 5.32 Å². The Labute approximate surface area is 94.0 Å². The van der Waals surface area contributed by atoms with E-state index in [-0.39, 0.29) is 5.54 Å². The second kappa shape index (κ2) is 4.42. The van der Waals surface area contributed by atoms with Crippen LogP contribution >= 0.6 is 0 Å². The molecule has 0 saturated heterocycles. The molecule has 0 aliphatic heterocycles. The highest BCUT2D eigenvalue weighted by Gasteiger charge is 2.40. The van der Waals surface area contributed by atoms with Crippen LogP contribution in [0, 0.1) is 17.8 Å². The quantitative estimate of drug-likeness (QED) is 0.746. The Kier molecular flexibility index (Phi) is 3.36. The minimum Gasteiger partial charge on any atom is -0.329 e. The molecular weight excluding hydrogens is 184 g/mol. The predicted molar refractivity (Wildman–Crippen MR) is 64.7 cm³/mol. The Morgan fingerprint density at radius 3 is 2.60 bits per heavy atom. The molecule has 0 spiro atoms. The van der Waals surface area contributed by atoms with E-state index in [0.717, 1.165) is 24.3 Å². The second-order valence-corrected chi connectivity index (χ2v) is 5.84. The van der Waals surface area contributed by atoms with Gasteiger partial charge in [0.05, 0.1) is 0 Å². The number of rotatable bonds is 4. The van der Waals surface area contributed by atoms with E-state index in [9.17, 15) is 0 Å². The molecule has 2 heteroatoms. The van der Waals surface area contributed by atoms with E-state index >= 15 is 0 Å². The summed E-state index contributed by atoms with van der Waals surface area (Å²) in [5, 5.41) is 3.80. The number of hydrogen-bond donors (Lipinski definition) is 2. The smallest absolute Gasteiger partial charge is 0.0332 e. The van der Waals surface area contributed by atoms with E-state index < -0.39 is 0 Å². The summed E-state index contributed by atoms with van der Waals surface area (Å²) in [4.78, 5) is 0. The number of hydrogen-bond acceptors (Lipinski definition) is 2. The zero-order valence-corrected chi connectivity index (χ0v) is 10.3. The van der Waals surface area contributed by atoms with Crippen LogP contribution in [-0.2, 0) is 0 Å². The fourth-order valence-electron chi connectivity index (χ4n) is 3.04. The molecule has 0 aromatic rings. The van der Waals surface area contributed by atoms with Gasteiger partial charge in [-0.25, -0.2) is 0 Å². The Hall–Kier alpha value is -0.0800. The van der Waals surface area contributed by atoms with Gasteiger partial charge in [-0.05, 0) is 43.6 Å². The molecule has 2 nitrogen and oxygen atoms in total. The first kappa shape index (κ1) is 11.4. The summed E-state index contributed by atoms with van der Waals surface area (Å²) in [6, 6.07) is 0. The topological polar surface area (TPSA) is 38.0 Å². The lowest BCUT2D eigenvalue weighted by atomic mass is 9.68. The molecule has 88 valence electrons. The van der Waals surface area contributed by atoms with Crippen LogP contribution in [0.3, 0.4) is 0 Å². The zero-order chi connectivity index (χ0) is 10.9. The first-order chi connectivity index (χ1) is 7.18. The maximum Gasteiger partial charge on any atom is 0.0332 e. The minimum absolute atomic E-state index is 0.250. The van der Waals surface area contributed by atoms with E-state index in [1.165, 1.54) is 38.6 Å². The van der Waals surface area contributed by atoms with Gasteiger partial charge < -0.3 is 11.1 Å². The van der Waals surface area contributed by atoms with Crippen LogP contribution in [0.1, 0.15) is 46.0 Å². The molecule has 3 N–H and O–H groups in total.